The maximum absolute atomic E-state index is 9.73. The van der Waals surface area contributed by atoms with Crippen LogP contribution in [0.25, 0.3) is 33.5 Å². The molecule has 4 rings (SSSR count). The molecule has 4 nitrogen and oxygen atoms in total. The van der Waals surface area contributed by atoms with Crippen molar-refractivity contribution in [3.05, 3.63) is 64.4 Å². The van der Waals surface area contributed by atoms with Crippen LogP contribution in [0.4, 0.5) is 0 Å². The summed E-state index contributed by atoms with van der Waals surface area (Å²) in [7, 11) is 0. The van der Waals surface area contributed by atoms with Crippen molar-refractivity contribution >= 4 is 34.2 Å². The van der Waals surface area contributed by atoms with Crippen LogP contribution >= 0.6 is 23.2 Å². The smallest absolute Gasteiger partial charge is 0.137 e. The van der Waals surface area contributed by atoms with Crippen molar-refractivity contribution in [1.29, 1.82) is 5.26 Å². The van der Waals surface area contributed by atoms with Crippen molar-refractivity contribution in [1.82, 2.24) is 14.5 Å². The van der Waals surface area contributed by atoms with Gasteiger partial charge in [0.05, 0.1) is 22.0 Å². The van der Waals surface area contributed by atoms with E-state index in [0.717, 1.165) is 33.5 Å². The van der Waals surface area contributed by atoms with Gasteiger partial charge in [-0.2, -0.15) is 5.26 Å². The van der Waals surface area contributed by atoms with Gasteiger partial charge < -0.3 is 9.55 Å². The monoisotopic (exact) mass is 380 g/mol. The Hall–Kier alpha value is -2.74. The number of nitrogens with zero attached hydrogens (tertiary/aromatic N) is 3. The largest absolute Gasteiger partial charge is 0.346 e. The van der Waals surface area contributed by atoms with Gasteiger partial charge >= 0.3 is 0 Å². The Bertz CT molecular complexity index is 1160. The second-order valence-electron chi connectivity index (χ2n) is 5.87. The Labute approximate surface area is 160 Å². The van der Waals surface area contributed by atoms with Crippen LogP contribution in [0.1, 0.15) is 12.5 Å². The average Bonchev–Trinajstić information content (AvgIpc) is 3.25. The van der Waals surface area contributed by atoms with E-state index in [4.69, 9.17) is 23.2 Å². The minimum absolute atomic E-state index is 0.523. The average molecular weight is 381 g/mol. The lowest BCUT2D eigenvalue weighted by Gasteiger charge is -2.13. The summed E-state index contributed by atoms with van der Waals surface area (Å²) in [6, 6.07) is 13.5. The second-order valence-corrected chi connectivity index (χ2v) is 6.71. The fourth-order valence-corrected chi connectivity index (χ4v) is 3.84. The lowest BCUT2D eigenvalue weighted by atomic mass is 10.1. The molecular formula is C20H14Cl2N4. The third-order valence-electron chi connectivity index (χ3n) is 4.46. The summed E-state index contributed by atoms with van der Waals surface area (Å²) in [6.07, 6.45) is 3.63. The predicted molar refractivity (Wildman–Crippen MR) is 105 cm³/mol. The molecule has 0 unspecified atom stereocenters. The first-order valence-corrected chi connectivity index (χ1v) is 8.91. The van der Waals surface area contributed by atoms with Crippen LogP contribution in [0.3, 0.4) is 0 Å². The molecule has 0 aliphatic carbocycles. The van der Waals surface area contributed by atoms with Crippen LogP contribution in [0.15, 0.2) is 48.8 Å². The molecule has 26 heavy (non-hydrogen) atoms. The van der Waals surface area contributed by atoms with Crippen LogP contribution in [0.5, 0.6) is 0 Å². The number of fused-ring (bicyclic) bond motifs is 1. The molecule has 4 aromatic rings. The number of hydrogen-bond acceptors (Lipinski definition) is 2. The summed E-state index contributed by atoms with van der Waals surface area (Å²) < 4.78 is 2.11. The molecule has 0 amide bonds. The minimum Gasteiger partial charge on any atom is -0.346 e. The molecule has 1 N–H and O–H groups in total. The Morgan fingerprint density at radius 2 is 2.00 bits per heavy atom. The molecule has 0 radical (unpaired) electrons. The summed E-state index contributed by atoms with van der Waals surface area (Å²) in [5, 5.41) is 11.8. The Balaban J connectivity index is 2.03. The normalized spacial score (nSPS) is 11.0. The number of rotatable bonds is 3. The molecule has 0 aliphatic heterocycles. The van der Waals surface area contributed by atoms with Gasteiger partial charge in [0.15, 0.2) is 0 Å². The van der Waals surface area contributed by atoms with Crippen molar-refractivity contribution in [3.8, 4) is 28.6 Å². The molecule has 0 saturated heterocycles. The number of halogens is 2. The van der Waals surface area contributed by atoms with Gasteiger partial charge in [0.1, 0.15) is 11.7 Å². The zero-order valence-corrected chi connectivity index (χ0v) is 15.4. The number of aromatic amines is 1. The van der Waals surface area contributed by atoms with Gasteiger partial charge in [-0.15, -0.1) is 0 Å². The molecule has 128 valence electrons. The maximum atomic E-state index is 9.73. The number of pyridine rings is 1. The molecule has 0 bridgehead atoms. The van der Waals surface area contributed by atoms with E-state index >= 15 is 0 Å². The van der Waals surface area contributed by atoms with Crippen LogP contribution in [-0.2, 0) is 6.54 Å². The minimum atomic E-state index is 0.523. The Morgan fingerprint density at radius 3 is 2.73 bits per heavy atom. The topological polar surface area (TPSA) is 57.4 Å². The highest BCUT2D eigenvalue weighted by molar-refractivity contribution is 6.36. The van der Waals surface area contributed by atoms with Crippen molar-refractivity contribution in [2.24, 2.45) is 0 Å². The van der Waals surface area contributed by atoms with E-state index in [-0.39, 0.29) is 0 Å². The van der Waals surface area contributed by atoms with E-state index < -0.39 is 0 Å². The highest BCUT2D eigenvalue weighted by atomic mass is 35.5. The van der Waals surface area contributed by atoms with Crippen molar-refractivity contribution in [2.75, 3.05) is 0 Å². The summed E-state index contributed by atoms with van der Waals surface area (Å²) in [5.41, 5.74) is 4.96. The summed E-state index contributed by atoms with van der Waals surface area (Å²) in [6.45, 7) is 2.74. The molecule has 1 aromatic carbocycles. The van der Waals surface area contributed by atoms with E-state index in [1.54, 1.807) is 18.3 Å². The van der Waals surface area contributed by atoms with E-state index in [1.165, 1.54) is 0 Å². The number of nitrogens with one attached hydrogen (secondary N) is 1. The zero-order chi connectivity index (χ0) is 18.3. The fourth-order valence-electron chi connectivity index (χ4n) is 3.34. The van der Waals surface area contributed by atoms with Gasteiger partial charge in [-0.3, -0.25) is 0 Å². The molecule has 0 atom stereocenters. The predicted octanol–water partition coefficient (Wildman–Crippen LogP) is 5.90. The number of nitriles is 1. The molecule has 0 aliphatic rings. The molecule has 0 spiro atoms. The van der Waals surface area contributed by atoms with Gasteiger partial charge in [-0.05, 0) is 43.3 Å². The van der Waals surface area contributed by atoms with Gasteiger partial charge in [-0.25, -0.2) is 4.98 Å². The molecule has 6 heteroatoms. The third kappa shape index (κ3) is 2.57. The summed E-state index contributed by atoms with van der Waals surface area (Å²) >= 11 is 12.5. The van der Waals surface area contributed by atoms with Gasteiger partial charge in [-0.1, -0.05) is 23.2 Å². The van der Waals surface area contributed by atoms with Crippen LogP contribution in [0, 0.1) is 11.3 Å². The van der Waals surface area contributed by atoms with E-state index in [1.807, 2.05) is 37.4 Å². The quantitative estimate of drug-likeness (QED) is 0.481. The van der Waals surface area contributed by atoms with E-state index in [9.17, 15) is 5.26 Å². The first kappa shape index (κ1) is 16.7. The van der Waals surface area contributed by atoms with Crippen molar-refractivity contribution < 1.29 is 0 Å². The van der Waals surface area contributed by atoms with Crippen molar-refractivity contribution in [3.63, 3.8) is 0 Å². The first-order chi connectivity index (χ1) is 12.6. The number of hydrogen-bond donors (Lipinski definition) is 1. The highest BCUT2D eigenvalue weighted by Gasteiger charge is 2.20. The lowest BCUT2D eigenvalue weighted by molar-refractivity contribution is 0.784. The van der Waals surface area contributed by atoms with E-state index in [0.29, 0.717) is 22.2 Å². The van der Waals surface area contributed by atoms with Crippen LogP contribution in [-0.4, -0.2) is 14.5 Å². The van der Waals surface area contributed by atoms with Gasteiger partial charge in [0.25, 0.3) is 0 Å². The zero-order valence-electron chi connectivity index (χ0n) is 13.9. The molecule has 0 saturated carbocycles. The second kappa shape index (κ2) is 6.53. The van der Waals surface area contributed by atoms with Crippen molar-refractivity contribution in [2.45, 2.75) is 13.5 Å². The highest BCUT2D eigenvalue weighted by Crippen LogP contribution is 2.38. The lowest BCUT2D eigenvalue weighted by Crippen LogP contribution is -2.01. The van der Waals surface area contributed by atoms with Gasteiger partial charge in [0, 0.05) is 40.5 Å². The summed E-state index contributed by atoms with van der Waals surface area (Å²) in [4.78, 5) is 7.48. The van der Waals surface area contributed by atoms with Crippen LogP contribution < -0.4 is 0 Å². The molecular weight excluding hydrogens is 367 g/mol. The number of benzene rings is 1. The maximum Gasteiger partial charge on any atom is 0.137 e. The summed E-state index contributed by atoms with van der Waals surface area (Å²) in [5.74, 6) is 0. The molecule has 0 fully saturated rings. The Morgan fingerprint density at radius 1 is 1.15 bits per heavy atom. The van der Waals surface area contributed by atoms with E-state index in [2.05, 4.69) is 20.6 Å². The molecule has 3 heterocycles. The first-order valence-electron chi connectivity index (χ1n) is 8.15. The SMILES string of the molecule is CCn1c(-c2ccnc3[nH]ccc23)cc(C#N)c1-c1ccc(Cl)cc1Cl. The standard InChI is InChI=1S/C20H14Cl2N4/c1-2-26-18(14-5-7-24-20-15(14)6-8-25-20)9-12(11-23)19(26)16-4-3-13(21)10-17(16)22/h3-10H,2H2,1H3,(H,24,25). The number of aromatic nitrogens is 3. The van der Waals surface area contributed by atoms with Crippen LogP contribution in [0.2, 0.25) is 10.0 Å². The van der Waals surface area contributed by atoms with Gasteiger partial charge in [0.2, 0.25) is 0 Å². The Kier molecular flexibility index (Phi) is 4.20. The fraction of sp³-hybridized carbons (Fsp3) is 0.100. The molecule has 3 aromatic heterocycles. The third-order valence-corrected chi connectivity index (χ3v) is 5.00. The number of H-pyrrole nitrogens is 1.